The standard InChI is InChI=1S/C17H26N4O2S2/c1-11-4-5-12-13(10-11)25-15(14(12)16(22)23-3)18-17(24)19-21-8-6-20(2)7-9-21/h11H,4-10H2,1-3H3,(H2,18,19,24)/t11-/m0/s1. The average Bonchev–Trinajstić information content (AvgIpc) is 2.92. The number of carbonyl (C=O) groups is 1. The molecule has 8 heteroatoms. The number of ether oxygens (including phenoxy) is 1. The van der Waals surface area contributed by atoms with Crippen molar-refractivity contribution in [3.63, 3.8) is 0 Å². The number of anilines is 1. The Morgan fingerprint density at radius 3 is 2.72 bits per heavy atom. The van der Waals surface area contributed by atoms with Gasteiger partial charge in [0.1, 0.15) is 5.00 Å². The summed E-state index contributed by atoms with van der Waals surface area (Å²) in [6.45, 7) is 6.11. The van der Waals surface area contributed by atoms with Crippen LogP contribution in [0.25, 0.3) is 0 Å². The average molecular weight is 383 g/mol. The van der Waals surface area contributed by atoms with Crippen molar-refractivity contribution in [1.82, 2.24) is 15.3 Å². The molecule has 1 aromatic heterocycles. The Morgan fingerprint density at radius 2 is 2.04 bits per heavy atom. The molecule has 0 saturated carbocycles. The van der Waals surface area contributed by atoms with Gasteiger partial charge in [0, 0.05) is 31.1 Å². The summed E-state index contributed by atoms with van der Waals surface area (Å²) in [4.78, 5) is 15.9. The lowest BCUT2D eigenvalue weighted by Gasteiger charge is -2.33. The number of esters is 1. The van der Waals surface area contributed by atoms with E-state index in [2.05, 4.69) is 34.6 Å². The van der Waals surface area contributed by atoms with Crippen LogP contribution in [0.5, 0.6) is 0 Å². The maximum absolute atomic E-state index is 12.3. The molecule has 6 nitrogen and oxygen atoms in total. The number of rotatable bonds is 3. The van der Waals surface area contributed by atoms with Gasteiger partial charge in [-0.15, -0.1) is 11.3 Å². The van der Waals surface area contributed by atoms with Crippen LogP contribution in [0.15, 0.2) is 0 Å². The highest BCUT2D eigenvalue weighted by atomic mass is 32.1. The minimum Gasteiger partial charge on any atom is -0.465 e. The van der Waals surface area contributed by atoms with Crippen LogP contribution < -0.4 is 10.7 Å². The molecule has 0 spiro atoms. The van der Waals surface area contributed by atoms with E-state index in [-0.39, 0.29) is 5.97 Å². The van der Waals surface area contributed by atoms with Gasteiger partial charge in [0.25, 0.3) is 0 Å². The summed E-state index contributed by atoms with van der Waals surface area (Å²) in [6.07, 6.45) is 3.05. The van der Waals surface area contributed by atoms with E-state index in [0.717, 1.165) is 56.0 Å². The van der Waals surface area contributed by atoms with Crippen LogP contribution in [0, 0.1) is 5.92 Å². The molecule has 2 N–H and O–H groups in total. The summed E-state index contributed by atoms with van der Waals surface area (Å²) in [5, 5.41) is 6.69. The second kappa shape index (κ2) is 7.99. The predicted molar refractivity (Wildman–Crippen MR) is 105 cm³/mol. The van der Waals surface area contributed by atoms with Gasteiger partial charge in [-0.05, 0) is 50.0 Å². The second-order valence-corrected chi connectivity index (χ2v) is 8.42. The molecule has 0 aromatic carbocycles. The van der Waals surface area contributed by atoms with E-state index in [1.54, 1.807) is 11.3 Å². The molecule has 3 rings (SSSR count). The molecule has 1 aliphatic heterocycles. The van der Waals surface area contributed by atoms with Gasteiger partial charge < -0.3 is 15.0 Å². The van der Waals surface area contributed by atoms with Crippen molar-refractivity contribution >= 4 is 39.6 Å². The number of hydrogen-bond donors (Lipinski definition) is 2. The van der Waals surface area contributed by atoms with Gasteiger partial charge in [-0.1, -0.05) is 6.92 Å². The molecule has 1 aliphatic carbocycles. The fraction of sp³-hybridized carbons (Fsp3) is 0.647. The highest BCUT2D eigenvalue weighted by Crippen LogP contribution is 2.39. The lowest BCUT2D eigenvalue weighted by Crippen LogP contribution is -2.53. The van der Waals surface area contributed by atoms with Gasteiger partial charge >= 0.3 is 5.97 Å². The molecule has 0 bridgehead atoms. The van der Waals surface area contributed by atoms with E-state index in [0.29, 0.717) is 16.6 Å². The summed E-state index contributed by atoms with van der Waals surface area (Å²) in [7, 11) is 3.55. The predicted octanol–water partition coefficient (Wildman–Crippen LogP) is 2.11. The van der Waals surface area contributed by atoms with Gasteiger partial charge in [0.15, 0.2) is 5.11 Å². The van der Waals surface area contributed by atoms with Crippen molar-refractivity contribution in [3.8, 4) is 0 Å². The number of hydrazine groups is 1. The largest absolute Gasteiger partial charge is 0.465 e. The normalized spacial score (nSPS) is 21.5. The maximum Gasteiger partial charge on any atom is 0.341 e. The first kappa shape index (κ1) is 18.6. The second-order valence-electron chi connectivity index (χ2n) is 6.90. The summed E-state index contributed by atoms with van der Waals surface area (Å²) in [5.41, 5.74) is 5.05. The van der Waals surface area contributed by atoms with Crippen LogP contribution >= 0.6 is 23.6 Å². The van der Waals surface area contributed by atoms with E-state index in [1.165, 1.54) is 12.0 Å². The Labute approximate surface area is 158 Å². The Morgan fingerprint density at radius 1 is 1.32 bits per heavy atom. The molecule has 25 heavy (non-hydrogen) atoms. The monoisotopic (exact) mass is 382 g/mol. The van der Waals surface area contributed by atoms with Crippen molar-refractivity contribution < 1.29 is 9.53 Å². The fourth-order valence-corrected chi connectivity index (χ4v) is 5.05. The lowest BCUT2D eigenvalue weighted by molar-refractivity contribution is 0.0601. The molecule has 2 heterocycles. The summed E-state index contributed by atoms with van der Waals surface area (Å²) >= 11 is 7.10. The zero-order valence-electron chi connectivity index (χ0n) is 15.1. The summed E-state index contributed by atoms with van der Waals surface area (Å²) in [6, 6.07) is 0. The number of nitrogens with one attached hydrogen (secondary N) is 2. The van der Waals surface area contributed by atoms with Gasteiger partial charge in [-0.3, -0.25) is 5.43 Å². The van der Waals surface area contributed by atoms with Crippen LogP contribution in [-0.2, 0) is 17.6 Å². The van der Waals surface area contributed by atoms with Crippen molar-refractivity contribution in [2.75, 3.05) is 45.7 Å². The van der Waals surface area contributed by atoms with Gasteiger partial charge in [-0.25, -0.2) is 9.80 Å². The molecule has 1 saturated heterocycles. The van der Waals surface area contributed by atoms with E-state index in [9.17, 15) is 4.79 Å². The minimum absolute atomic E-state index is 0.281. The third-order valence-corrected chi connectivity index (χ3v) is 6.25. The fourth-order valence-electron chi connectivity index (χ4n) is 3.35. The summed E-state index contributed by atoms with van der Waals surface area (Å²) in [5.74, 6) is 0.372. The molecule has 1 aromatic rings. The van der Waals surface area contributed by atoms with Crippen molar-refractivity contribution in [2.24, 2.45) is 5.92 Å². The Balaban J connectivity index is 1.73. The zero-order valence-corrected chi connectivity index (χ0v) is 16.7. The van der Waals surface area contributed by atoms with E-state index < -0.39 is 0 Å². The van der Waals surface area contributed by atoms with E-state index in [1.807, 2.05) is 0 Å². The van der Waals surface area contributed by atoms with E-state index >= 15 is 0 Å². The van der Waals surface area contributed by atoms with Crippen molar-refractivity contribution in [2.45, 2.75) is 26.2 Å². The van der Waals surface area contributed by atoms with Gasteiger partial charge in [0.05, 0.1) is 12.7 Å². The molecule has 138 valence electrons. The third kappa shape index (κ3) is 4.31. The van der Waals surface area contributed by atoms with Crippen LogP contribution in [-0.4, -0.2) is 61.3 Å². The number of likely N-dealkylation sites (N-methyl/N-ethyl adjacent to an activating group) is 1. The molecular weight excluding hydrogens is 356 g/mol. The molecule has 1 fully saturated rings. The highest BCUT2D eigenvalue weighted by Gasteiger charge is 2.28. The maximum atomic E-state index is 12.3. The van der Waals surface area contributed by atoms with Crippen LogP contribution in [0.2, 0.25) is 0 Å². The molecule has 0 unspecified atom stereocenters. The first-order chi connectivity index (χ1) is 12.0. The number of fused-ring (bicyclic) bond motifs is 1. The van der Waals surface area contributed by atoms with E-state index in [4.69, 9.17) is 17.0 Å². The Kier molecular flexibility index (Phi) is 5.93. The van der Waals surface area contributed by atoms with Gasteiger partial charge in [-0.2, -0.15) is 0 Å². The quantitative estimate of drug-likeness (QED) is 0.613. The molecule has 2 aliphatic rings. The van der Waals surface area contributed by atoms with Crippen LogP contribution in [0.4, 0.5) is 5.00 Å². The minimum atomic E-state index is -0.281. The zero-order chi connectivity index (χ0) is 18.0. The first-order valence-corrected chi connectivity index (χ1v) is 9.94. The van der Waals surface area contributed by atoms with Crippen LogP contribution in [0.3, 0.4) is 0 Å². The van der Waals surface area contributed by atoms with Gasteiger partial charge in [0.2, 0.25) is 0 Å². The Hall–Kier alpha value is -1.22. The SMILES string of the molecule is COC(=O)c1c(NC(=S)NN2CCN(C)CC2)sc2c1CC[C@H](C)C2. The molecule has 1 atom stereocenters. The number of hydrogen-bond acceptors (Lipinski definition) is 6. The third-order valence-electron chi connectivity index (χ3n) is 4.89. The molecule has 0 amide bonds. The van der Waals surface area contributed by atoms with Crippen molar-refractivity contribution in [3.05, 3.63) is 16.0 Å². The topological polar surface area (TPSA) is 56.8 Å². The number of piperazine rings is 1. The molecule has 0 radical (unpaired) electrons. The van der Waals surface area contributed by atoms with Crippen molar-refractivity contribution in [1.29, 1.82) is 0 Å². The highest BCUT2D eigenvalue weighted by molar-refractivity contribution is 7.80. The first-order valence-electron chi connectivity index (χ1n) is 8.72. The number of nitrogens with zero attached hydrogens (tertiary/aromatic N) is 2. The number of thiophene rings is 1. The smallest absolute Gasteiger partial charge is 0.341 e. The molecular formula is C17H26N4O2S2. The number of carbonyl (C=O) groups excluding carboxylic acids is 1. The summed E-state index contributed by atoms with van der Waals surface area (Å²) < 4.78 is 5.02. The number of methoxy groups -OCH3 is 1. The number of thiocarbonyl (C=S) groups is 1. The van der Waals surface area contributed by atoms with Crippen LogP contribution in [0.1, 0.15) is 34.1 Å². The lowest BCUT2D eigenvalue weighted by atomic mass is 9.88. The Bertz CT molecular complexity index is 653.